The zero-order valence-electron chi connectivity index (χ0n) is 14.9. The molecule has 144 valence electrons. The van der Waals surface area contributed by atoms with Gasteiger partial charge in [-0.05, 0) is 54.6 Å². The van der Waals surface area contributed by atoms with Gasteiger partial charge in [-0.15, -0.1) is 0 Å². The molecule has 28 heavy (non-hydrogen) atoms. The van der Waals surface area contributed by atoms with Gasteiger partial charge in [0.2, 0.25) is 0 Å². The van der Waals surface area contributed by atoms with Crippen molar-refractivity contribution >= 4 is 57.7 Å². The second kappa shape index (κ2) is 8.34. The predicted octanol–water partition coefficient (Wildman–Crippen LogP) is 6.40. The van der Waals surface area contributed by atoms with Crippen molar-refractivity contribution in [2.75, 3.05) is 31.1 Å². The Morgan fingerprint density at radius 2 is 1.50 bits per heavy atom. The third-order valence-corrected chi connectivity index (χ3v) is 6.03. The molecule has 1 saturated heterocycles. The van der Waals surface area contributed by atoms with Crippen molar-refractivity contribution in [3.05, 3.63) is 75.4 Å². The molecule has 0 spiro atoms. The van der Waals surface area contributed by atoms with Crippen LogP contribution in [0.25, 0.3) is 11.3 Å². The van der Waals surface area contributed by atoms with E-state index in [0.717, 1.165) is 36.8 Å². The zero-order valence-corrected chi connectivity index (χ0v) is 18.0. The van der Waals surface area contributed by atoms with Crippen molar-refractivity contribution in [3.63, 3.8) is 0 Å². The first-order valence-electron chi connectivity index (χ1n) is 8.86. The number of anilines is 1. The van der Waals surface area contributed by atoms with Gasteiger partial charge in [-0.25, -0.2) is 0 Å². The molecule has 1 aromatic heterocycles. The molecular formula is C21H17Cl3N2OS. The molecule has 0 radical (unpaired) electrons. The molecule has 0 atom stereocenters. The Balaban J connectivity index is 1.43. The third kappa shape index (κ3) is 4.15. The number of benzene rings is 2. The quantitative estimate of drug-likeness (QED) is 0.429. The van der Waals surface area contributed by atoms with Crippen LogP contribution in [0, 0.1) is 0 Å². The summed E-state index contributed by atoms with van der Waals surface area (Å²) in [5.74, 6) is 1.36. The van der Waals surface area contributed by atoms with E-state index in [1.165, 1.54) is 5.69 Å². The molecule has 7 heteroatoms. The summed E-state index contributed by atoms with van der Waals surface area (Å²) < 4.78 is 5.99. The Hall–Kier alpha value is -1.72. The smallest absolute Gasteiger partial charge is 0.162 e. The SMILES string of the molecule is S=C(c1ccc(-c2ccc(Cl)cc2Cl)o1)N1CCN(c2ccc(Cl)cc2)CC1. The summed E-state index contributed by atoms with van der Waals surface area (Å²) in [5, 5.41) is 1.89. The van der Waals surface area contributed by atoms with Gasteiger partial charge in [0.1, 0.15) is 10.7 Å². The van der Waals surface area contributed by atoms with Crippen LogP contribution in [0.4, 0.5) is 5.69 Å². The van der Waals surface area contributed by atoms with E-state index in [1.807, 2.05) is 42.5 Å². The lowest BCUT2D eigenvalue weighted by molar-refractivity contribution is 0.385. The summed E-state index contributed by atoms with van der Waals surface area (Å²) in [4.78, 5) is 5.22. The lowest BCUT2D eigenvalue weighted by Gasteiger charge is -2.37. The Bertz CT molecular complexity index is 995. The fraction of sp³-hybridized carbons (Fsp3) is 0.190. The van der Waals surface area contributed by atoms with Crippen LogP contribution in [0.3, 0.4) is 0 Å². The van der Waals surface area contributed by atoms with Gasteiger partial charge < -0.3 is 14.2 Å². The average molecular weight is 452 g/mol. The van der Waals surface area contributed by atoms with Crippen LogP contribution < -0.4 is 4.90 Å². The maximum atomic E-state index is 6.28. The molecule has 1 fully saturated rings. The fourth-order valence-electron chi connectivity index (χ4n) is 3.26. The van der Waals surface area contributed by atoms with Gasteiger partial charge in [0, 0.05) is 47.5 Å². The maximum absolute atomic E-state index is 6.28. The van der Waals surface area contributed by atoms with E-state index in [0.29, 0.717) is 26.6 Å². The largest absolute Gasteiger partial charge is 0.454 e. The first-order valence-corrected chi connectivity index (χ1v) is 10.4. The molecule has 3 aromatic rings. The van der Waals surface area contributed by atoms with E-state index in [1.54, 1.807) is 12.1 Å². The molecular weight excluding hydrogens is 435 g/mol. The lowest BCUT2D eigenvalue weighted by Crippen LogP contribution is -2.48. The molecule has 2 aromatic carbocycles. The maximum Gasteiger partial charge on any atom is 0.162 e. The molecule has 0 amide bonds. The van der Waals surface area contributed by atoms with E-state index in [-0.39, 0.29) is 0 Å². The number of hydrogen-bond acceptors (Lipinski definition) is 3. The summed E-state index contributed by atoms with van der Waals surface area (Å²) in [6.07, 6.45) is 0. The number of hydrogen-bond donors (Lipinski definition) is 0. The zero-order chi connectivity index (χ0) is 19.7. The minimum absolute atomic E-state index is 0.552. The molecule has 1 aliphatic heterocycles. The number of piperazine rings is 1. The van der Waals surface area contributed by atoms with Crippen LogP contribution in [0.2, 0.25) is 15.1 Å². The fourth-order valence-corrected chi connectivity index (χ4v) is 4.18. The Labute approximate surface area is 184 Å². The monoisotopic (exact) mass is 450 g/mol. The minimum atomic E-state index is 0.552. The van der Waals surface area contributed by atoms with Crippen molar-refractivity contribution in [3.8, 4) is 11.3 Å². The van der Waals surface area contributed by atoms with Gasteiger partial charge in [-0.2, -0.15) is 0 Å². The highest BCUT2D eigenvalue weighted by Gasteiger charge is 2.22. The van der Waals surface area contributed by atoms with Crippen molar-refractivity contribution in [2.24, 2.45) is 0 Å². The normalized spacial score (nSPS) is 14.4. The first-order chi connectivity index (χ1) is 13.5. The van der Waals surface area contributed by atoms with Crippen LogP contribution in [-0.4, -0.2) is 36.1 Å². The summed E-state index contributed by atoms with van der Waals surface area (Å²) in [6.45, 7) is 3.44. The summed E-state index contributed by atoms with van der Waals surface area (Å²) in [5.41, 5.74) is 1.97. The molecule has 1 aliphatic rings. The summed E-state index contributed by atoms with van der Waals surface area (Å²) in [6, 6.07) is 17.1. The Morgan fingerprint density at radius 3 is 2.18 bits per heavy atom. The van der Waals surface area contributed by atoms with Gasteiger partial charge in [0.25, 0.3) is 0 Å². The Morgan fingerprint density at radius 1 is 0.821 bits per heavy atom. The van der Waals surface area contributed by atoms with Crippen LogP contribution in [0.5, 0.6) is 0 Å². The molecule has 0 N–H and O–H groups in total. The van der Waals surface area contributed by atoms with Crippen molar-refractivity contribution in [1.82, 2.24) is 4.90 Å². The van der Waals surface area contributed by atoms with Crippen LogP contribution in [0.1, 0.15) is 5.76 Å². The van der Waals surface area contributed by atoms with Gasteiger partial charge in [0.05, 0.1) is 5.02 Å². The van der Waals surface area contributed by atoms with Crippen molar-refractivity contribution < 1.29 is 4.42 Å². The molecule has 2 heterocycles. The summed E-state index contributed by atoms with van der Waals surface area (Å²) in [7, 11) is 0. The molecule has 0 saturated carbocycles. The van der Waals surface area contributed by atoms with Crippen LogP contribution >= 0.6 is 47.0 Å². The molecule has 3 nitrogen and oxygen atoms in total. The number of rotatable bonds is 3. The highest BCUT2D eigenvalue weighted by molar-refractivity contribution is 7.80. The molecule has 0 bridgehead atoms. The highest BCUT2D eigenvalue weighted by atomic mass is 35.5. The second-order valence-corrected chi connectivity index (χ2v) is 8.21. The van der Waals surface area contributed by atoms with Gasteiger partial charge in [-0.1, -0.05) is 47.0 Å². The number of thiocarbonyl (C=S) groups is 1. The standard InChI is InChI=1S/C21H17Cl3N2OS/c22-14-1-4-16(5-2-14)25-9-11-26(12-10-25)21(28)20-8-7-19(27-20)17-6-3-15(23)13-18(17)24/h1-8,13H,9-12H2. The van der Waals surface area contributed by atoms with Gasteiger partial charge >= 0.3 is 0 Å². The first kappa shape index (κ1) is 19.6. The van der Waals surface area contributed by atoms with E-state index < -0.39 is 0 Å². The topological polar surface area (TPSA) is 19.6 Å². The predicted molar refractivity (Wildman–Crippen MR) is 121 cm³/mol. The van der Waals surface area contributed by atoms with Crippen LogP contribution in [0.15, 0.2) is 59.0 Å². The van der Waals surface area contributed by atoms with E-state index in [4.69, 9.17) is 51.4 Å². The van der Waals surface area contributed by atoms with Crippen molar-refractivity contribution in [1.29, 1.82) is 0 Å². The van der Waals surface area contributed by atoms with Gasteiger partial charge in [0.15, 0.2) is 5.76 Å². The second-order valence-electron chi connectivity index (χ2n) is 6.54. The number of halogens is 3. The third-order valence-electron chi connectivity index (χ3n) is 4.77. The molecule has 0 aliphatic carbocycles. The number of nitrogens with zero attached hydrogens (tertiary/aromatic N) is 2. The Kier molecular flexibility index (Phi) is 5.83. The molecule has 0 unspecified atom stereocenters. The number of furan rings is 1. The highest BCUT2D eigenvalue weighted by Crippen LogP contribution is 2.32. The lowest BCUT2D eigenvalue weighted by atomic mass is 10.2. The minimum Gasteiger partial charge on any atom is -0.454 e. The van der Waals surface area contributed by atoms with E-state index in [2.05, 4.69) is 9.80 Å². The molecule has 4 rings (SSSR count). The summed E-state index contributed by atoms with van der Waals surface area (Å²) >= 11 is 23.9. The van der Waals surface area contributed by atoms with Crippen LogP contribution in [-0.2, 0) is 0 Å². The average Bonchev–Trinajstić information content (AvgIpc) is 3.18. The van der Waals surface area contributed by atoms with Crippen molar-refractivity contribution in [2.45, 2.75) is 0 Å². The van der Waals surface area contributed by atoms with E-state index in [9.17, 15) is 0 Å². The van der Waals surface area contributed by atoms with Gasteiger partial charge in [-0.3, -0.25) is 0 Å². The van der Waals surface area contributed by atoms with E-state index >= 15 is 0 Å².